The van der Waals surface area contributed by atoms with Gasteiger partial charge in [-0.1, -0.05) is 19.1 Å². The monoisotopic (exact) mass is 309 g/mol. The van der Waals surface area contributed by atoms with Gasteiger partial charge < -0.3 is 10.2 Å². The van der Waals surface area contributed by atoms with E-state index in [0.717, 1.165) is 37.3 Å². The maximum atomic E-state index is 12.5. The number of hydrogen-bond donors (Lipinski definition) is 1. The van der Waals surface area contributed by atoms with Gasteiger partial charge in [0.1, 0.15) is 5.69 Å². The Morgan fingerprint density at radius 1 is 1.17 bits per heavy atom. The molecule has 0 spiro atoms. The molecule has 0 saturated carbocycles. The molecular weight excluding hydrogens is 286 g/mol. The molecule has 0 aliphatic carbocycles. The van der Waals surface area contributed by atoms with E-state index in [4.69, 9.17) is 0 Å². The number of pyridine rings is 1. The second kappa shape index (κ2) is 6.82. The van der Waals surface area contributed by atoms with Crippen molar-refractivity contribution in [3.05, 3.63) is 53.9 Å². The largest absolute Gasteiger partial charge is 0.354 e. The molecule has 0 unspecified atom stereocenters. The Morgan fingerprint density at radius 3 is 2.61 bits per heavy atom. The van der Waals surface area contributed by atoms with E-state index in [9.17, 15) is 4.79 Å². The fourth-order valence-electron chi connectivity index (χ4n) is 2.86. The van der Waals surface area contributed by atoms with Gasteiger partial charge in [0, 0.05) is 18.8 Å². The van der Waals surface area contributed by atoms with Gasteiger partial charge in [-0.2, -0.15) is 0 Å². The van der Waals surface area contributed by atoms with Gasteiger partial charge in [0.15, 0.2) is 0 Å². The molecule has 1 amide bonds. The number of rotatable bonds is 3. The molecule has 0 atom stereocenters. The minimum absolute atomic E-state index is 0.0407. The van der Waals surface area contributed by atoms with Gasteiger partial charge in [-0.3, -0.25) is 4.79 Å². The highest BCUT2D eigenvalue weighted by atomic mass is 16.2. The van der Waals surface area contributed by atoms with Crippen LogP contribution in [-0.4, -0.2) is 28.9 Å². The summed E-state index contributed by atoms with van der Waals surface area (Å²) in [6.45, 7) is 5.98. The Balaban J connectivity index is 1.66. The van der Waals surface area contributed by atoms with Crippen LogP contribution in [0.15, 0.2) is 42.6 Å². The lowest BCUT2D eigenvalue weighted by Crippen LogP contribution is -2.38. The van der Waals surface area contributed by atoms with Crippen molar-refractivity contribution in [2.24, 2.45) is 5.92 Å². The summed E-state index contributed by atoms with van der Waals surface area (Å²) >= 11 is 0. The fraction of sp³-hybridized carbons (Fsp3) is 0.368. The van der Waals surface area contributed by atoms with Gasteiger partial charge in [-0.05, 0) is 55.5 Å². The average Bonchev–Trinajstić information content (AvgIpc) is 2.56. The lowest BCUT2D eigenvalue weighted by Gasteiger charge is -2.30. The van der Waals surface area contributed by atoms with Gasteiger partial charge in [0.05, 0.1) is 11.9 Å². The van der Waals surface area contributed by atoms with Crippen LogP contribution in [0, 0.1) is 12.8 Å². The Kier molecular flexibility index (Phi) is 4.60. The standard InChI is InChI=1S/C19H23N3O/c1-14-8-10-22(11-9-14)19(23)18-7-6-17(13-20-18)21-16-5-3-4-15(2)12-16/h3-7,12-14,21H,8-11H2,1-2H3. The molecular formula is C19H23N3O. The van der Waals surface area contributed by atoms with Crippen LogP contribution < -0.4 is 5.32 Å². The van der Waals surface area contributed by atoms with Crippen molar-refractivity contribution >= 4 is 17.3 Å². The first kappa shape index (κ1) is 15.5. The molecule has 1 aliphatic rings. The van der Waals surface area contributed by atoms with Crippen molar-refractivity contribution in [1.29, 1.82) is 0 Å². The van der Waals surface area contributed by atoms with Gasteiger partial charge in [-0.15, -0.1) is 0 Å². The topological polar surface area (TPSA) is 45.2 Å². The molecule has 4 nitrogen and oxygen atoms in total. The summed E-state index contributed by atoms with van der Waals surface area (Å²) in [6, 6.07) is 11.9. The first-order valence-corrected chi connectivity index (χ1v) is 8.21. The van der Waals surface area contributed by atoms with Gasteiger partial charge >= 0.3 is 0 Å². The van der Waals surface area contributed by atoms with Crippen molar-refractivity contribution in [3.8, 4) is 0 Å². The number of carbonyl (C=O) groups excluding carboxylic acids is 1. The third-order valence-electron chi connectivity index (χ3n) is 4.36. The smallest absolute Gasteiger partial charge is 0.272 e. The van der Waals surface area contributed by atoms with Crippen LogP contribution in [0.4, 0.5) is 11.4 Å². The molecule has 0 radical (unpaired) electrons. The second-order valence-corrected chi connectivity index (χ2v) is 6.40. The minimum atomic E-state index is 0.0407. The zero-order valence-electron chi connectivity index (χ0n) is 13.7. The van der Waals surface area contributed by atoms with Crippen LogP contribution in [0.3, 0.4) is 0 Å². The Labute approximate surface area is 137 Å². The lowest BCUT2D eigenvalue weighted by molar-refractivity contribution is 0.0691. The molecule has 1 aromatic heterocycles. The van der Waals surface area contributed by atoms with Crippen molar-refractivity contribution < 1.29 is 4.79 Å². The van der Waals surface area contributed by atoms with Crippen LogP contribution in [0.25, 0.3) is 0 Å². The normalized spacial score (nSPS) is 15.5. The molecule has 1 saturated heterocycles. The number of amides is 1. The molecule has 4 heteroatoms. The zero-order valence-corrected chi connectivity index (χ0v) is 13.7. The summed E-state index contributed by atoms with van der Waals surface area (Å²) < 4.78 is 0. The number of carbonyl (C=O) groups is 1. The molecule has 2 heterocycles. The number of likely N-dealkylation sites (tertiary alicyclic amines) is 1. The van der Waals surface area contributed by atoms with Crippen LogP contribution in [0.2, 0.25) is 0 Å². The maximum Gasteiger partial charge on any atom is 0.272 e. The summed E-state index contributed by atoms with van der Waals surface area (Å²) in [4.78, 5) is 18.7. The van der Waals surface area contributed by atoms with Gasteiger partial charge in [0.2, 0.25) is 0 Å². The summed E-state index contributed by atoms with van der Waals surface area (Å²) in [6.07, 6.45) is 3.89. The first-order valence-electron chi connectivity index (χ1n) is 8.21. The molecule has 2 aromatic rings. The number of hydrogen-bond acceptors (Lipinski definition) is 3. The van der Waals surface area contributed by atoms with Crippen LogP contribution in [0.1, 0.15) is 35.8 Å². The third-order valence-corrected chi connectivity index (χ3v) is 4.36. The summed E-state index contributed by atoms with van der Waals surface area (Å²) in [5, 5.41) is 3.31. The maximum absolute atomic E-state index is 12.5. The molecule has 23 heavy (non-hydrogen) atoms. The number of benzene rings is 1. The molecule has 1 N–H and O–H groups in total. The Morgan fingerprint density at radius 2 is 1.96 bits per heavy atom. The van der Waals surface area contributed by atoms with E-state index >= 15 is 0 Å². The van der Waals surface area contributed by atoms with Crippen molar-refractivity contribution in [1.82, 2.24) is 9.88 Å². The average molecular weight is 309 g/mol. The van der Waals surface area contributed by atoms with Crippen LogP contribution in [0.5, 0.6) is 0 Å². The van der Waals surface area contributed by atoms with E-state index in [1.54, 1.807) is 12.3 Å². The highest BCUT2D eigenvalue weighted by Crippen LogP contribution is 2.20. The first-order chi connectivity index (χ1) is 11.1. The Hall–Kier alpha value is -2.36. The van der Waals surface area contributed by atoms with E-state index in [0.29, 0.717) is 11.6 Å². The number of anilines is 2. The van der Waals surface area contributed by atoms with Gasteiger partial charge in [-0.25, -0.2) is 4.98 Å². The van der Waals surface area contributed by atoms with Gasteiger partial charge in [0.25, 0.3) is 5.91 Å². The second-order valence-electron chi connectivity index (χ2n) is 6.40. The lowest BCUT2D eigenvalue weighted by atomic mass is 9.99. The number of nitrogens with one attached hydrogen (secondary N) is 1. The van der Waals surface area contributed by atoms with Crippen LogP contribution in [-0.2, 0) is 0 Å². The predicted molar refractivity (Wildman–Crippen MR) is 93.0 cm³/mol. The minimum Gasteiger partial charge on any atom is -0.354 e. The molecule has 1 fully saturated rings. The number of nitrogens with zero attached hydrogens (tertiary/aromatic N) is 2. The summed E-state index contributed by atoms with van der Waals surface area (Å²) in [7, 11) is 0. The SMILES string of the molecule is Cc1cccc(Nc2ccc(C(=O)N3CCC(C)CC3)nc2)c1. The van der Waals surface area contributed by atoms with Crippen molar-refractivity contribution in [2.45, 2.75) is 26.7 Å². The van der Waals surface area contributed by atoms with E-state index in [2.05, 4.69) is 36.3 Å². The number of aromatic nitrogens is 1. The van der Waals surface area contributed by atoms with Crippen molar-refractivity contribution in [3.63, 3.8) is 0 Å². The zero-order chi connectivity index (χ0) is 16.2. The van der Waals surface area contributed by atoms with Crippen molar-refractivity contribution in [2.75, 3.05) is 18.4 Å². The van der Waals surface area contributed by atoms with E-state index in [1.165, 1.54) is 5.56 Å². The molecule has 120 valence electrons. The molecule has 0 bridgehead atoms. The number of aryl methyl sites for hydroxylation is 1. The fourth-order valence-corrected chi connectivity index (χ4v) is 2.86. The van der Waals surface area contributed by atoms with E-state index < -0.39 is 0 Å². The summed E-state index contributed by atoms with van der Waals surface area (Å²) in [5.41, 5.74) is 3.64. The molecule has 1 aromatic carbocycles. The molecule has 1 aliphatic heterocycles. The Bertz CT molecular complexity index is 673. The highest BCUT2D eigenvalue weighted by molar-refractivity contribution is 5.92. The van der Waals surface area contributed by atoms with Crippen LogP contribution >= 0.6 is 0 Å². The van der Waals surface area contributed by atoms with E-state index in [1.807, 2.05) is 23.1 Å². The number of piperidine rings is 1. The quantitative estimate of drug-likeness (QED) is 0.932. The molecule has 3 rings (SSSR count). The van der Waals surface area contributed by atoms with E-state index in [-0.39, 0.29) is 5.91 Å². The highest BCUT2D eigenvalue weighted by Gasteiger charge is 2.22. The predicted octanol–water partition coefficient (Wildman–Crippen LogP) is 4.01. The summed E-state index contributed by atoms with van der Waals surface area (Å²) in [5.74, 6) is 0.756. The third kappa shape index (κ3) is 3.89.